The molecule has 0 aliphatic carbocycles. The average Bonchev–Trinajstić information content (AvgIpc) is 3.79. The fourth-order valence-corrected chi connectivity index (χ4v) is 12.8. The van der Waals surface area contributed by atoms with Gasteiger partial charge >= 0.3 is 7.82 Å². The van der Waals surface area contributed by atoms with E-state index in [-0.39, 0.29) is 0 Å². The molecular formula is C78H81Br3N3O7P. The van der Waals surface area contributed by atoms with Gasteiger partial charge in [0.1, 0.15) is 54.3 Å². The lowest BCUT2D eigenvalue weighted by Crippen LogP contribution is -2.19. The van der Waals surface area contributed by atoms with Crippen LogP contribution in [-0.2, 0) is 4.57 Å². The molecule has 0 unspecified atom stereocenters. The summed E-state index contributed by atoms with van der Waals surface area (Å²) in [6.45, 7) is 10.7. The van der Waals surface area contributed by atoms with Gasteiger partial charge < -0.3 is 42.5 Å². The molecule has 0 saturated heterocycles. The Morgan fingerprint density at radius 3 is 0.663 bits per heavy atom. The number of ether oxygens (including phenoxy) is 3. The maximum Gasteiger partial charge on any atom is 0.647 e. The van der Waals surface area contributed by atoms with Gasteiger partial charge in [0.25, 0.3) is 0 Å². The number of halogens is 3. The summed E-state index contributed by atoms with van der Waals surface area (Å²) in [5, 5.41) is 0. The standard InChI is InChI=1S/C78H81Br3N3O7P/c1-10-73(55-13-31-64(79)32-14-55)76(58-19-37-67(38-20-58)86-52-49-82(4)5)61-25-43-70(44-26-61)89-92(85,90-71-45-27-62(28-46-71)77(74(11-2)56-15-33-65(80)34-16-56)59-21-39-68(40-22-59)87-53-50-83(6)7)91-72-47-29-63(30-48-72)78(75(12-3)57-17-35-66(81)36-18-57)60-23-41-69(42-24-60)88-54-51-84(8)9/h13-48H,10-12,49-54H2,1-9H3/b76-73-,77-74-,78-75-. The summed E-state index contributed by atoms with van der Waals surface area (Å²) in [5.74, 6) is 3.26. The van der Waals surface area contributed by atoms with Gasteiger partial charge in [0.05, 0.1) is 0 Å². The van der Waals surface area contributed by atoms with Crippen molar-refractivity contribution in [3.05, 3.63) is 282 Å². The van der Waals surface area contributed by atoms with Gasteiger partial charge in [-0.1, -0.05) is 178 Å². The van der Waals surface area contributed by atoms with Gasteiger partial charge in [0, 0.05) is 33.1 Å². The van der Waals surface area contributed by atoms with E-state index in [1.165, 1.54) is 0 Å². The summed E-state index contributed by atoms with van der Waals surface area (Å²) in [4.78, 5) is 6.30. The summed E-state index contributed by atoms with van der Waals surface area (Å²) < 4.78 is 56.9. The Morgan fingerprint density at radius 2 is 0.478 bits per heavy atom. The number of phosphoric ester groups is 1. The van der Waals surface area contributed by atoms with E-state index in [0.29, 0.717) is 37.1 Å². The zero-order valence-electron chi connectivity index (χ0n) is 53.9. The summed E-state index contributed by atoms with van der Waals surface area (Å²) in [7, 11) is 7.63. The van der Waals surface area contributed by atoms with Crippen molar-refractivity contribution in [3.8, 4) is 34.5 Å². The highest BCUT2D eigenvalue weighted by molar-refractivity contribution is 9.11. The maximum atomic E-state index is 15.8. The number of benzene rings is 9. The first-order valence-electron chi connectivity index (χ1n) is 31.1. The van der Waals surface area contributed by atoms with Crippen LogP contribution in [0.1, 0.15) is 90.1 Å². The normalized spacial score (nSPS) is 12.5. The minimum absolute atomic E-state index is 0.291. The lowest BCUT2D eigenvalue weighted by atomic mass is 9.88. The molecule has 476 valence electrons. The van der Waals surface area contributed by atoms with Crippen molar-refractivity contribution < 1.29 is 32.3 Å². The Bertz CT molecular complexity index is 3550. The highest BCUT2D eigenvalue weighted by Gasteiger charge is 2.34. The molecule has 9 aromatic rings. The van der Waals surface area contributed by atoms with Crippen LogP contribution in [0.5, 0.6) is 34.5 Å². The highest BCUT2D eigenvalue weighted by atomic mass is 79.9. The van der Waals surface area contributed by atoms with Gasteiger partial charge in [-0.3, -0.25) is 0 Å². The Balaban J connectivity index is 1.10. The molecule has 0 N–H and O–H groups in total. The summed E-state index contributed by atoms with van der Waals surface area (Å²) in [6, 6.07) is 72.9. The monoisotopic (exact) mass is 1440 g/mol. The molecule has 0 atom stereocenters. The zero-order valence-corrected chi connectivity index (χ0v) is 59.6. The first-order valence-corrected chi connectivity index (χ1v) is 34.9. The Morgan fingerprint density at radius 1 is 0.293 bits per heavy atom. The maximum absolute atomic E-state index is 15.8. The molecule has 0 heterocycles. The van der Waals surface area contributed by atoms with Crippen molar-refractivity contribution >= 4 is 89.1 Å². The molecule has 0 spiro atoms. The minimum atomic E-state index is -4.57. The van der Waals surface area contributed by atoms with E-state index in [2.05, 4.69) is 192 Å². The van der Waals surface area contributed by atoms with Crippen molar-refractivity contribution in [2.45, 2.75) is 40.0 Å². The van der Waals surface area contributed by atoms with E-state index in [0.717, 1.165) is 153 Å². The molecule has 9 aromatic carbocycles. The molecule has 0 radical (unpaired) electrons. The fraction of sp³-hybridized carbons (Fsp3) is 0.231. The number of allylic oxidation sites excluding steroid dienone is 3. The molecule has 0 saturated carbocycles. The third kappa shape index (κ3) is 19.1. The van der Waals surface area contributed by atoms with Gasteiger partial charge in [0.15, 0.2) is 0 Å². The number of likely N-dealkylation sites (N-methyl/N-ethyl adjacent to an activating group) is 3. The van der Waals surface area contributed by atoms with Crippen LogP contribution in [0.15, 0.2) is 232 Å². The van der Waals surface area contributed by atoms with Crippen molar-refractivity contribution in [2.75, 3.05) is 81.7 Å². The summed E-state index contributed by atoms with van der Waals surface area (Å²) in [6.07, 6.45) is 2.26. The van der Waals surface area contributed by atoms with E-state index < -0.39 is 7.82 Å². The molecule has 9 rings (SSSR count). The third-order valence-electron chi connectivity index (χ3n) is 15.5. The smallest absolute Gasteiger partial charge is 0.492 e. The van der Waals surface area contributed by atoms with Crippen molar-refractivity contribution in [2.24, 2.45) is 0 Å². The average molecular weight is 1440 g/mol. The molecular weight excluding hydrogens is 1360 g/mol. The molecule has 0 fully saturated rings. The van der Waals surface area contributed by atoms with Crippen LogP contribution in [0.25, 0.3) is 33.4 Å². The molecule has 0 bridgehead atoms. The second kappa shape index (κ2) is 33.4. The van der Waals surface area contributed by atoms with Crippen LogP contribution < -0.4 is 27.8 Å². The first kappa shape index (κ1) is 68.9. The summed E-state index contributed by atoms with van der Waals surface area (Å²) >= 11 is 10.9. The van der Waals surface area contributed by atoms with Crippen LogP contribution in [0, 0.1) is 0 Å². The fourth-order valence-electron chi connectivity index (χ4n) is 10.8. The van der Waals surface area contributed by atoms with Crippen LogP contribution >= 0.6 is 55.6 Å². The number of hydrogen-bond acceptors (Lipinski definition) is 10. The van der Waals surface area contributed by atoms with Crippen LogP contribution in [0.3, 0.4) is 0 Å². The van der Waals surface area contributed by atoms with E-state index in [9.17, 15) is 0 Å². The number of hydrogen-bond donors (Lipinski definition) is 0. The minimum Gasteiger partial charge on any atom is -0.492 e. The second-order valence-electron chi connectivity index (χ2n) is 23.0. The van der Waals surface area contributed by atoms with Gasteiger partial charge in [-0.15, -0.1) is 0 Å². The van der Waals surface area contributed by atoms with E-state index in [4.69, 9.17) is 27.8 Å². The first-order chi connectivity index (χ1) is 44.5. The van der Waals surface area contributed by atoms with Crippen molar-refractivity contribution in [3.63, 3.8) is 0 Å². The van der Waals surface area contributed by atoms with Crippen molar-refractivity contribution in [1.82, 2.24) is 14.7 Å². The topological polar surface area (TPSA) is 82.2 Å². The van der Waals surface area contributed by atoms with E-state index in [1.54, 1.807) is 0 Å². The second-order valence-corrected chi connectivity index (χ2v) is 27.2. The van der Waals surface area contributed by atoms with Gasteiger partial charge in [0.2, 0.25) is 0 Å². The highest BCUT2D eigenvalue weighted by Crippen LogP contribution is 2.51. The molecule has 92 heavy (non-hydrogen) atoms. The predicted octanol–water partition coefficient (Wildman–Crippen LogP) is 20.5. The quantitative estimate of drug-likeness (QED) is 0.0321. The summed E-state index contributed by atoms with van der Waals surface area (Å²) in [5.41, 5.74) is 15.8. The third-order valence-corrected chi connectivity index (χ3v) is 18.4. The zero-order chi connectivity index (χ0) is 65.2. The predicted molar refractivity (Wildman–Crippen MR) is 391 cm³/mol. The SMILES string of the molecule is CC/C(=C(\c1ccc(OCCN(C)C)cc1)c1ccc(OP(=O)(Oc2ccc(/C(=C(/CC)c3ccc(Br)cc3)c3ccc(OCCN(C)C)cc3)cc2)Oc2ccc(/C(=C(/CC)c3ccc(Br)cc3)c3ccc(OCCN(C)C)cc3)cc2)cc1)c1ccc(Br)cc1. The van der Waals surface area contributed by atoms with Crippen LogP contribution in [0.2, 0.25) is 0 Å². The van der Waals surface area contributed by atoms with E-state index in [1.807, 2.05) is 151 Å². The number of nitrogens with zero attached hydrogens (tertiary/aromatic N) is 3. The Hall–Kier alpha value is -7.45. The van der Waals surface area contributed by atoms with Crippen molar-refractivity contribution in [1.29, 1.82) is 0 Å². The van der Waals surface area contributed by atoms with Crippen LogP contribution in [-0.4, -0.2) is 96.4 Å². The molecule has 0 amide bonds. The Kier molecular flexibility index (Phi) is 25.0. The lowest BCUT2D eigenvalue weighted by molar-refractivity contribution is 0.261. The number of rotatable bonds is 30. The molecule has 10 nitrogen and oxygen atoms in total. The van der Waals surface area contributed by atoms with Gasteiger partial charge in [-0.25, -0.2) is 0 Å². The van der Waals surface area contributed by atoms with Crippen LogP contribution in [0.4, 0.5) is 0 Å². The molecule has 14 heteroatoms. The lowest BCUT2D eigenvalue weighted by Gasteiger charge is -2.21. The van der Waals surface area contributed by atoms with Gasteiger partial charge in [-0.2, -0.15) is 4.57 Å². The van der Waals surface area contributed by atoms with E-state index >= 15 is 4.57 Å². The molecule has 0 aromatic heterocycles. The molecule has 0 aliphatic heterocycles. The number of phosphoric acid groups is 1. The molecule has 0 aliphatic rings. The largest absolute Gasteiger partial charge is 0.647 e. The Labute approximate surface area is 570 Å². The van der Waals surface area contributed by atoms with Gasteiger partial charge in [-0.05, 0) is 254 Å².